The van der Waals surface area contributed by atoms with Crippen molar-refractivity contribution in [1.82, 2.24) is 0 Å². The Morgan fingerprint density at radius 2 is 0.920 bits per heavy atom. The first kappa shape index (κ1) is 24.6. The van der Waals surface area contributed by atoms with E-state index in [0.29, 0.717) is 0 Å². The second kappa shape index (κ2) is 21.6. The van der Waals surface area contributed by atoms with Crippen molar-refractivity contribution in [2.45, 2.75) is 143 Å². The molecule has 148 valence electrons. The fraction of sp³-hybridized carbons (Fsp3) is 0.920. The first-order chi connectivity index (χ1) is 12.3. The molecule has 0 spiro atoms. The molecule has 0 fully saturated rings. The Morgan fingerprint density at radius 1 is 0.440 bits per heavy atom. The van der Waals surface area contributed by atoms with Crippen molar-refractivity contribution in [3.05, 3.63) is 0 Å². The molecule has 0 aliphatic heterocycles. The van der Waals surface area contributed by atoms with Crippen LogP contribution in [0.4, 0.5) is 0 Å². The van der Waals surface area contributed by atoms with E-state index in [1.165, 1.54) is 109 Å². The number of hydrogen-bond donors (Lipinski definition) is 0. The van der Waals surface area contributed by atoms with E-state index in [1.54, 1.807) is 0 Å². The predicted molar refractivity (Wildman–Crippen MR) is 116 cm³/mol. The fourth-order valence-corrected chi connectivity index (χ4v) is 3.68. The summed E-state index contributed by atoms with van der Waals surface area (Å²) < 4.78 is 0. The van der Waals surface area contributed by atoms with Gasteiger partial charge < -0.3 is 0 Å². The molecule has 0 saturated heterocycles. The van der Waals surface area contributed by atoms with Crippen LogP contribution >= 0.6 is 0 Å². The number of unbranched alkanes of at least 4 members (excludes halogenated alkanes) is 12. The highest BCUT2D eigenvalue weighted by Crippen LogP contribution is 2.22. The predicted octanol–water partition coefficient (Wildman–Crippen LogP) is 9.08. The van der Waals surface area contributed by atoms with E-state index in [9.17, 15) is 0 Å². The quantitative estimate of drug-likeness (QED) is 0.171. The van der Waals surface area contributed by atoms with E-state index in [1.807, 2.05) is 0 Å². The van der Waals surface area contributed by atoms with E-state index in [4.69, 9.17) is 0 Å². The molecule has 0 bridgehead atoms. The Hall–Kier alpha value is -0.440. The van der Waals surface area contributed by atoms with Crippen molar-refractivity contribution in [2.75, 3.05) is 0 Å². The molecule has 0 aromatic rings. The third-order valence-corrected chi connectivity index (χ3v) is 5.36. The van der Waals surface area contributed by atoms with Crippen molar-refractivity contribution in [3.8, 4) is 11.8 Å². The van der Waals surface area contributed by atoms with Crippen LogP contribution in [-0.4, -0.2) is 0 Å². The summed E-state index contributed by atoms with van der Waals surface area (Å²) in [7, 11) is 0. The lowest BCUT2D eigenvalue weighted by molar-refractivity contribution is 0.386. The van der Waals surface area contributed by atoms with Crippen molar-refractivity contribution < 1.29 is 0 Å². The molecule has 1 atom stereocenters. The van der Waals surface area contributed by atoms with Gasteiger partial charge in [0.25, 0.3) is 0 Å². The Bertz CT molecular complexity index is 293. The van der Waals surface area contributed by atoms with E-state index in [0.717, 1.165) is 18.8 Å². The summed E-state index contributed by atoms with van der Waals surface area (Å²) in [6.07, 6.45) is 26.3. The molecule has 0 heteroatoms. The highest BCUT2D eigenvalue weighted by atomic mass is 14.1. The van der Waals surface area contributed by atoms with Gasteiger partial charge in [0.1, 0.15) is 0 Å². The molecule has 0 aromatic heterocycles. The maximum absolute atomic E-state index is 3.38. The first-order valence-corrected chi connectivity index (χ1v) is 11.8. The standard InChI is InChI=1S/C25H48/c1-4-7-9-11-13-14-15-17-19-21-24-25(22-6-3)23-20-18-16-12-10-8-5-2/h25H,4-11,13-15,17-24H2,1-3H3. The van der Waals surface area contributed by atoms with Gasteiger partial charge in [-0.1, -0.05) is 111 Å². The molecule has 0 aliphatic rings. The van der Waals surface area contributed by atoms with Gasteiger partial charge in [-0.2, -0.15) is 0 Å². The van der Waals surface area contributed by atoms with Gasteiger partial charge in [-0.15, -0.1) is 11.8 Å². The van der Waals surface area contributed by atoms with Crippen LogP contribution in [0.2, 0.25) is 0 Å². The SMILES string of the molecule is CCCCC#CCCCC(CCC)CCCCCCCCCCCC. The molecule has 0 aliphatic carbocycles. The minimum absolute atomic E-state index is 0.969. The lowest BCUT2D eigenvalue weighted by atomic mass is 9.91. The molecular weight excluding hydrogens is 300 g/mol. The molecule has 0 aromatic carbocycles. The summed E-state index contributed by atoms with van der Waals surface area (Å²) in [5.41, 5.74) is 0. The third-order valence-electron chi connectivity index (χ3n) is 5.36. The van der Waals surface area contributed by atoms with Crippen molar-refractivity contribution >= 4 is 0 Å². The highest BCUT2D eigenvalue weighted by molar-refractivity contribution is 4.98. The minimum Gasteiger partial charge on any atom is -0.103 e. The summed E-state index contributed by atoms with van der Waals surface area (Å²) >= 11 is 0. The van der Waals surface area contributed by atoms with Crippen LogP contribution in [-0.2, 0) is 0 Å². The van der Waals surface area contributed by atoms with Gasteiger partial charge in [0.15, 0.2) is 0 Å². The minimum atomic E-state index is 0.969. The summed E-state index contributed by atoms with van der Waals surface area (Å²) in [5, 5.41) is 0. The first-order valence-electron chi connectivity index (χ1n) is 11.8. The summed E-state index contributed by atoms with van der Waals surface area (Å²) in [6, 6.07) is 0. The molecule has 0 amide bonds. The van der Waals surface area contributed by atoms with E-state index >= 15 is 0 Å². The Balaban J connectivity index is 3.51. The molecule has 25 heavy (non-hydrogen) atoms. The normalized spacial score (nSPS) is 12.0. The van der Waals surface area contributed by atoms with Crippen molar-refractivity contribution in [2.24, 2.45) is 5.92 Å². The van der Waals surface area contributed by atoms with E-state index in [-0.39, 0.29) is 0 Å². The van der Waals surface area contributed by atoms with E-state index in [2.05, 4.69) is 32.6 Å². The summed E-state index contributed by atoms with van der Waals surface area (Å²) in [4.78, 5) is 0. The zero-order valence-corrected chi connectivity index (χ0v) is 18.0. The Labute approximate surface area is 160 Å². The molecule has 0 saturated carbocycles. The van der Waals surface area contributed by atoms with Gasteiger partial charge in [-0.05, 0) is 25.2 Å². The topological polar surface area (TPSA) is 0 Å². The fourth-order valence-electron chi connectivity index (χ4n) is 3.68. The smallest absolute Gasteiger partial charge is 0.00887 e. The Kier molecular flexibility index (Phi) is 21.2. The van der Waals surface area contributed by atoms with Gasteiger partial charge in [0, 0.05) is 12.8 Å². The van der Waals surface area contributed by atoms with Gasteiger partial charge in [0.2, 0.25) is 0 Å². The van der Waals surface area contributed by atoms with Crippen LogP contribution < -0.4 is 0 Å². The van der Waals surface area contributed by atoms with Gasteiger partial charge in [-0.3, -0.25) is 0 Å². The van der Waals surface area contributed by atoms with Gasteiger partial charge >= 0.3 is 0 Å². The van der Waals surface area contributed by atoms with Crippen LogP contribution in [0.3, 0.4) is 0 Å². The second-order valence-electron chi connectivity index (χ2n) is 7.97. The third kappa shape index (κ3) is 19.7. The molecule has 0 N–H and O–H groups in total. The monoisotopic (exact) mass is 348 g/mol. The Morgan fingerprint density at radius 3 is 1.48 bits per heavy atom. The number of hydrogen-bond acceptors (Lipinski definition) is 0. The molecule has 0 rings (SSSR count). The summed E-state index contributed by atoms with van der Waals surface area (Å²) in [6.45, 7) is 6.88. The average Bonchev–Trinajstić information content (AvgIpc) is 2.62. The zero-order valence-electron chi connectivity index (χ0n) is 18.0. The summed E-state index contributed by atoms with van der Waals surface area (Å²) in [5.74, 6) is 7.68. The largest absolute Gasteiger partial charge is 0.103 e. The lowest BCUT2D eigenvalue weighted by Crippen LogP contribution is -2.00. The lowest BCUT2D eigenvalue weighted by Gasteiger charge is -2.15. The van der Waals surface area contributed by atoms with Gasteiger partial charge in [-0.25, -0.2) is 0 Å². The highest BCUT2D eigenvalue weighted by Gasteiger charge is 2.07. The van der Waals surface area contributed by atoms with Crippen LogP contribution in [0.15, 0.2) is 0 Å². The number of rotatable bonds is 18. The second-order valence-corrected chi connectivity index (χ2v) is 7.97. The van der Waals surface area contributed by atoms with Crippen LogP contribution in [0, 0.1) is 17.8 Å². The molecule has 0 radical (unpaired) electrons. The maximum atomic E-state index is 3.38. The average molecular weight is 349 g/mol. The molecule has 0 nitrogen and oxygen atoms in total. The zero-order chi connectivity index (χ0) is 18.4. The van der Waals surface area contributed by atoms with E-state index < -0.39 is 0 Å². The van der Waals surface area contributed by atoms with Crippen LogP contribution in [0.5, 0.6) is 0 Å². The van der Waals surface area contributed by atoms with Gasteiger partial charge in [0.05, 0.1) is 0 Å². The van der Waals surface area contributed by atoms with Crippen LogP contribution in [0.1, 0.15) is 143 Å². The maximum Gasteiger partial charge on any atom is 0.00887 e. The van der Waals surface area contributed by atoms with Crippen molar-refractivity contribution in [1.29, 1.82) is 0 Å². The van der Waals surface area contributed by atoms with Crippen LogP contribution in [0.25, 0.3) is 0 Å². The molecule has 0 heterocycles. The molecule has 1 unspecified atom stereocenters. The molecular formula is C25H48. The van der Waals surface area contributed by atoms with Crippen molar-refractivity contribution in [3.63, 3.8) is 0 Å².